The first-order valence-electron chi connectivity index (χ1n) is 14.8. The van der Waals surface area contributed by atoms with E-state index in [1.54, 1.807) is 34.6 Å². The number of aliphatic hydroxyl groups excluding tert-OH is 1. The van der Waals surface area contributed by atoms with Crippen LogP contribution in [0.5, 0.6) is 11.5 Å². The first-order chi connectivity index (χ1) is 21.4. The standard InChI is InChI=1S/C32H42N2O11/c1-18(2)29(36)43-17-42-27-24(40-6)14-15-33-25(27)28(35)34-23-16-41-31(38)22(13-12-21-10-8-7-9-11-21)26(20(5)44-32(23)39)45-30(37)19(3)4/h7-11,14-15,18-20,22-23,26,32,39H,12-13,16-17H2,1-6H3,(H,34,35). The number of carbonyl (C=O) groups excluding carboxylic acids is 4. The van der Waals surface area contributed by atoms with Crippen molar-refractivity contribution in [2.24, 2.45) is 17.8 Å². The SMILES string of the molecule is COc1ccnc(C(=O)NC2COC(=O)C(CCc3ccccc3)C(OC(=O)C(C)C)C(C)OC2O)c1OCOC(=O)C(C)C. The molecule has 0 saturated carbocycles. The van der Waals surface area contributed by atoms with Crippen LogP contribution in [-0.4, -0.2) is 79.0 Å². The molecule has 3 rings (SSSR count). The fraction of sp³-hybridized carbons (Fsp3) is 0.531. The van der Waals surface area contributed by atoms with Crippen LogP contribution in [0.4, 0.5) is 0 Å². The van der Waals surface area contributed by atoms with Gasteiger partial charge >= 0.3 is 17.9 Å². The van der Waals surface area contributed by atoms with Crippen LogP contribution in [0.2, 0.25) is 0 Å². The van der Waals surface area contributed by atoms with Crippen LogP contribution in [0, 0.1) is 17.8 Å². The molecule has 1 saturated heterocycles. The molecule has 246 valence electrons. The zero-order valence-electron chi connectivity index (χ0n) is 26.4. The second-order valence-corrected chi connectivity index (χ2v) is 11.2. The molecule has 1 aromatic carbocycles. The first-order valence-corrected chi connectivity index (χ1v) is 14.8. The van der Waals surface area contributed by atoms with E-state index in [4.69, 9.17) is 28.4 Å². The van der Waals surface area contributed by atoms with Gasteiger partial charge in [-0.15, -0.1) is 0 Å². The molecule has 2 N–H and O–H groups in total. The molecule has 13 heteroatoms. The van der Waals surface area contributed by atoms with E-state index >= 15 is 0 Å². The Kier molecular flexibility index (Phi) is 13.1. The van der Waals surface area contributed by atoms with Crippen molar-refractivity contribution >= 4 is 23.8 Å². The Morgan fingerprint density at radius 1 is 1.07 bits per heavy atom. The highest BCUT2D eigenvalue weighted by atomic mass is 16.7. The second kappa shape index (κ2) is 16.7. The number of cyclic esters (lactones) is 1. The lowest BCUT2D eigenvalue weighted by Crippen LogP contribution is -2.49. The highest BCUT2D eigenvalue weighted by molar-refractivity contribution is 5.96. The van der Waals surface area contributed by atoms with Crippen LogP contribution >= 0.6 is 0 Å². The number of amides is 1. The number of hydrogen-bond acceptors (Lipinski definition) is 12. The summed E-state index contributed by atoms with van der Waals surface area (Å²) in [6.45, 7) is 7.25. The van der Waals surface area contributed by atoms with Crippen LogP contribution < -0.4 is 14.8 Å². The van der Waals surface area contributed by atoms with Crippen molar-refractivity contribution in [2.75, 3.05) is 20.5 Å². The van der Waals surface area contributed by atoms with Gasteiger partial charge in [0.05, 0.1) is 31.0 Å². The van der Waals surface area contributed by atoms with E-state index in [1.807, 2.05) is 30.3 Å². The Morgan fingerprint density at radius 3 is 2.40 bits per heavy atom. The zero-order valence-corrected chi connectivity index (χ0v) is 26.4. The van der Waals surface area contributed by atoms with Crippen molar-refractivity contribution < 1.29 is 52.7 Å². The average Bonchev–Trinajstić information content (AvgIpc) is 3.05. The van der Waals surface area contributed by atoms with Crippen molar-refractivity contribution in [1.29, 1.82) is 0 Å². The van der Waals surface area contributed by atoms with Gasteiger partial charge in [0.1, 0.15) is 18.8 Å². The number of methoxy groups -OCH3 is 1. The minimum Gasteiger partial charge on any atom is -0.493 e. The van der Waals surface area contributed by atoms with Gasteiger partial charge in [0.15, 0.2) is 23.5 Å². The third kappa shape index (κ3) is 9.88. The molecule has 1 aliphatic rings. The molecule has 1 fully saturated rings. The van der Waals surface area contributed by atoms with E-state index in [0.29, 0.717) is 6.42 Å². The van der Waals surface area contributed by atoms with Crippen LogP contribution in [-0.2, 0) is 39.8 Å². The van der Waals surface area contributed by atoms with Gasteiger partial charge in [-0.3, -0.25) is 19.2 Å². The number of carbonyl (C=O) groups is 4. The van der Waals surface area contributed by atoms with Crippen LogP contribution in [0.25, 0.3) is 0 Å². The number of nitrogens with one attached hydrogen (secondary N) is 1. The topological polar surface area (TPSA) is 169 Å². The number of pyridine rings is 1. The molecule has 45 heavy (non-hydrogen) atoms. The maximum absolute atomic E-state index is 13.5. The molecule has 0 radical (unpaired) electrons. The van der Waals surface area contributed by atoms with E-state index in [0.717, 1.165) is 5.56 Å². The predicted octanol–water partition coefficient (Wildman–Crippen LogP) is 2.82. The highest BCUT2D eigenvalue weighted by Crippen LogP contribution is 2.30. The minimum atomic E-state index is -1.67. The quantitative estimate of drug-likeness (QED) is 0.200. The molecule has 1 amide bonds. The molecule has 1 aromatic heterocycles. The number of benzene rings is 1. The van der Waals surface area contributed by atoms with Crippen LogP contribution in [0.15, 0.2) is 42.6 Å². The second-order valence-electron chi connectivity index (χ2n) is 11.2. The van der Waals surface area contributed by atoms with Gasteiger partial charge in [-0.25, -0.2) is 4.98 Å². The molecule has 0 spiro atoms. The molecule has 1 aliphatic heterocycles. The molecule has 13 nitrogen and oxygen atoms in total. The molecule has 5 unspecified atom stereocenters. The van der Waals surface area contributed by atoms with Gasteiger partial charge in [-0.2, -0.15) is 0 Å². The normalized spacial score (nSPS) is 22.0. The maximum Gasteiger partial charge on any atom is 0.312 e. The van der Waals surface area contributed by atoms with Gasteiger partial charge in [-0.1, -0.05) is 58.0 Å². The van der Waals surface area contributed by atoms with E-state index in [9.17, 15) is 24.3 Å². The molecule has 0 bridgehead atoms. The van der Waals surface area contributed by atoms with E-state index in [1.165, 1.54) is 19.4 Å². The van der Waals surface area contributed by atoms with Crippen LogP contribution in [0.3, 0.4) is 0 Å². The van der Waals surface area contributed by atoms with Crippen molar-refractivity contribution in [2.45, 2.75) is 72.0 Å². The number of hydrogen-bond donors (Lipinski definition) is 2. The molecular weight excluding hydrogens is 588 g/mol. The number of nitrogens with zero attached hydrogens (tertiary/aromatic N) is 1. The Morgan fingerprint density at radius 2 is 1.76 bits per heavy atom. The fourth-order valence-electron chi connectivity index (χ4n) is 4.47. The summed E-state index contributed by atoms with van der Waals surface area (Å²) < 4.78 is 33.0. The Labute approximate surface area is 262 Å². The van der Waals surface area contributed by atoms with Crippen molar-refractivity contribution in [3.8, 4) is 11.5 Å². The van der Waals surface area contributed by atoms with Crippen molar-refractivity contribution in [1.82, 2.24) is 10.3 Å². The maximum atomic E-state index is 13.5. The summed E-state index contributed by atoms with van der Waals surface area (Å²) >= 11 is 0. The van der Waals surface area contributed by atoms with Gasteiger partial charge in [0.2, 0.25) is 6.79 Å². The summed E-state index contributed by atoms with van der Waals surface area (Å²) in [7, 11) is 1.36. The first kappa shape index (κ1) is 35.3. The highest BCUT2D eigenvalue weighted by Gasteiger charge is 2.41. The van der Waals surface area contributed by atoms with Crippen LogP contribution in [0.1, 0.15) is 57.1 Å². The third-order valence-corrected chi connectivity index (χ3v) is 7.07. The van der Waals surface area contributed by atoms with E-state index in [-0.39, 0.29) is 23.6 Å². The average molecular weight is 631 g/mol. The lowest BCUT2D eigenvalue weighted by Gasteiger charge is -2.31. The summed E-state index contributed by atoms with van der Waals surface area (Å²) in [4.78, 5) is 55.5. The zero-order chi connectivity index (χ0) is 33.1. The molecule has 5 atom stereocenters. The third-order valence-electron chi connectivity index (χ3n) is 7.07. The Balaban J connectivity index is 1.82. The van der Waals surface area contributed by atoms with Gasteiger partial charge in [-0.05, 0) is 25.3 Å². The Hall–Kier alpha value is -4.23. The van der Waals surface area contributed by atoms with E-state index in [2.05, 4.69) is 10.3 Å². The predicted molar refractivity (Wildman–Crippen MR) is 159 cm³/mol. The van der Waals surface area contributed by atoms with E-state index < -0.39 is 79.5 Å². The number of rotatable bonds is 12. The molecule has 2 aromatic rings. The fourth-order valence-corrected chi connectivity index (χ4v) is 4.47. The number of ether oxygens (including phenoxy) is 6. The number of aromatic nitrogens is 1. The molecular formula is C32H42N2O11. The lowest BCUT2D eigenvalue weighted by atomic mass is 9.91. The number of esters is 3. The van der Waals surface area contributed by atoms with Gasteiger partial charge in [0, 0.05) is 12.3 Å². The summed E-state index contributed by atoms with van der Waals surface area (Å²) in [5.41, 5.74) is 0.728. The monoisotopic (exact) mass is 630 g/mol. The largest absolute Gasteiger partial charge is 0.493 e. The summed E-state index contributed by atoms with van der Waals surface area (Å²) in [6, 6.07) is 9.69. The number of aliphatic hydroxyl groups is 1. The van der Waals surface area contributed by atoms with Crippen molar-refractivity contribution in [3.63, 3.8) is 0 Å². The molecule has 0 aliphatic carbocycles. The van der Waals surface area contributed by atoms with Crippen molar-refractivity contribution in [3.05, 3.63) is 53.9 Å². The van der Waals surface area contributed by atoms with Gasteiger partial charge in [0.25, 0.3) is 5.91 Å². The lowest BCUT2D eigenvalue weighted by molar-refractivity contribution is -0.194. The Bertz CT molecular complexity index is 1300. The van der Waals surface area contributed by atoms with Gasteiger partial charge < -0.3 is 38.8 Å². The number of aryl methyl sites for hydroxylation is 1. The summed E-state index contributed by atoms with van der Waals surface area (Å²) in [5, 5.41) is 13.6. The summed E-state index contributed by atoms with van der Waals surface area (Å²) in [5.74, 6) is -4.31. The smallest absolute Gasteiger partial charge is 0.312 e. The summed E-state index contributed by atoms with van der Waals surface area (Å²) in [6.07, 6.45) is -1.64. The molecule has 2 heterocycles. The minimum absolute atomic E-state index is 0.112.